The molecule has 3 fully saturated rings. The lowest BCUT2D eigenvalue weighted by Crippen LogP contribution is -2.47. The minimum atomic E-state index is -0.318. The van der Waals surface area contributed by atoms with Gasteiger partial charge in [0.05, 0.1) is 0 Å². The molecular weight excluding hydrogens is 388 g/mol. The molecule has 0 bridgehead atoms. The van der Waals surface area contributed by atoms with Gasteiger partial charge in [0, 0.05) is 18.7 Å². The summed E-state index contributed by atoms with van der Waals surface area (Å²) in [5, 5.41) is 9.11. The molecule has 1 aromatic carbocycles. The van der Waals surface area contributed by atoms with Crippen LogP contribution in [-0.4, -0.2) is 55.5 Å². The van der Waals surface area contributed by atoms with Crippen molar-refractivity contribution in [3.63, 3.8) is 0 Å². The molecule has 6 nitrogen and oxygen atoms in total. The monoisotopic (exact) mass is 420 g/mol. The van der Waals surface area contributed by atoms with E-state index in [1.807, 2.05) is 0 Å². The highest BCUT2D eigenvalue weighted by Crippen LogP contribution is 2.30. The van der Waals surface area contributed by atoms with Crippen LogP contribution >= 0.6 is 12.4 Å². The Bertz CT molecular complexity index is 683. The zero-order chi connectivity index (χ0) is 19.3. The minimum Gasteiger partial charge on any atom is -0.374 e. The lowest BCUT2D eigenvalue weighted by molar-refractivity contribution is -0.133. The standard InChI is InChI=1S/C22H32N4O2.ClH/c27-21-6-5-20(22(28)25-21)24-19-3-1-17(2-4-19)18-9-13-26(14-10-18)15-16-7-11-23-12-8-16;/h1-4,16,18,20,23-24H,5-15H2,(H,25,27,28);1H/t20-;/m0./s1. The molecule has 7 heteroatoms. The van der Waals surface area contributed by atoms with Crippen LogP contribution in [0.5, 0.6) is 0 Å². The summed E-state index contributed by atoms with van der Waals surface area (Å²) < 4.78 is 0. The Morgan fingerprint density at radius 3 is 2.31 bits per heavy atom. The predicted octanol–water partition coefficient (Wildman–Crippen LogP) is 2.50. The molecule has 0 unspecified atom stereocenters. The van der Waals surface area contributed by atoms with Crippen molar-refractivity contribution in [3.05, 3.63) is 29.8 Å². The fraction of sp³-hybridized carbons (Fsp3) is 0.636. The molecule has 29 heavy (non-hydrogen) atoms. The molecule has 0 spiro atoms. The van der Waals surface area contributed by atoms with E-state index in [1.165, 1.54) is 64.0 Å². The van der Waals surface area contributed by atoms with Crippen LogP contribution in [0.2, 0.25) is 0 Å². The first kappa shape index (κ1) is 22.1. The molecule has 3 N–H and O–H groups in total. The molecule has 3 aliphatic heterocycles. The number of amides is 2. The van der Waals surface area contributed by atoms with Crippen LogP contribution in [0.25, 0.3) is 0 Å². The van der Waals surface area contributed by atoms with E-state index >= 15 is 0 Å². The molecule has 3 heterocycles. The summed E-state index contributed by atoms with van der Waals surface area (Å²) in [5.41, 5.74) is 2.34. The van der Waals surface area contributed by atoms with Gasteiger partial charge in [-0.15, -0.1) is 12.4 Å². The van der Waals surface area contributed by atoms with Crippen LogP contribution in [0, 0.1) is 5.92 Å². The number of imide groups is 1. The summed E-state index contributed by atoms with van der Waals surface area (Å²) in [4.78, 5) is 25.8. The number of carbonyl (C=O) groups excluding carboxylic acids is 2. The molecule has 1 aromatic rings. The SMILES string of the molecule is Cl.O=C1CC[C@H](Nc2ccc(C3CCN(CC4CCNCC4)CC3)cc2)C(=O)N1. The first-order valence-corrected chi connectivity index (χ1v) is 10.8. The Hall–Kier alpha value is -1.63. The van der Waals surface area contributed by atoms with E-state index in [2.05, 4.69) is 45.1 Å². The Morgan fingerprint density at radius 2 is 1.66 bits per heavy atom. The zero-order valence-electron chi connectivity index (χ0n) is 17.0. The molecule has 3 aliphatic rings. The van der Waals surface area contributed by atoms with Crippen molar-refractivity contribution >= 4 is 29.9 Å². The first-order chi connectivity index (χ1) is 13.7. The lowest BCUT2D eigenvalue weighted by atomic mass is 9.88. The number of benzene rings is 1. The maximum atomic E-state index is 11.9. The first-order valence-electron chi connectivity index (χ1n) is 10.8. The van der Waals surface area contributed by atoms with Gasteiger partial charge in [-0.3, -0.25) is 14.9 Å². The molecule has 3 saturated heterocycles. The van der Waals surface area contributed by atoms with Crippen molar-refractivity contribution in [2.24, 2.45) is 5.92 Å². The van der Waals surface area contributed by atoms with Gasteiger partial charge in [-0.1, -0.05) is 12.1 Å². The van der Waals surface area contributed by atoms with E-state index in [0.717, 1.165) is 11.6 Å². The van der Waals surface area contributed by atoms with Crippen molar-refractivity contribution < 1.29 is 9.59 Å². The van der Waals surface area contributed by atoms with Gasteiger partial charge >= 0.3 is 0 Å². The van der Waals surface area contributed by atoms with Crippen LogP contribution in [0.15, 0.2) is 24.3 Å². The number of rotatable bonds is 5. The maximum absolute atomic E-state index is 11.9. The highest BCUT2D eigenvalue weighted by Gasteiger charge is 2.27. The zero-order valence-corrected chi connectivity index (χ0v) is 17.8. The maximum Gasteiger partial charge on any atom is 0.249 e. The molecule has 0 saturated carbocycles. The topological polar surface area (TPSA) is 73.5 Å². The third-order valence-electron chi connectivity index (χ3n) is 6.52. The van der Waals surface area contributed by atoms with Crippen molar-refractivity contribution in [2.75, 3.05) is 38.0 Å². The van der Waals surface area contributed by atoms with E-state index in [9.17, 15) is 9.59 Å². The van der Waals surface area contributed by atoms with E-state index in [1.54, 1.807) is 0 Å². The smallest absolute Gasteiger partial charge is 0.249 e. The normalized spacial score (nSPS) is 24.6. The molecule has 0 aliphatic carbocycles. The van der Waals surface area contributed by atoms with Gasteiger partial charge in [0.15, 0.2) is 0 Å². The largest absolute Gasteiger partial charge is 0.374 e. The van der Waals surface area contributed by atoms with Crippen molar-refractivity contribution in [2.45, 2.75) is 50.5 Å². The van der Waals surface area contributed by atoms with Gasteiger partial charge in [-0.2, -0.15) is 0 Å². The fourth-order valence-corrected chi connectivity index (χ4v) is 4.76. The average Bonchev–Trinajstić information content (AvgIpc) is 2.72. The number of carbonyl (C=O) groups is 2. The van der Waals surface area contributed by atoms with Crippen LogP contribution in [0.1, 0.15) is 50.0 Å². The fourth-order valence-electron chi connectivity index (χ4n) is 4.76. The van der Waals surface area contributed by atoms with E-state index < -0.39 is 0 Å². The van der Waals surface area contributed by atoms with Gasteiger partial charge in [0.2, 0.25) is 11.8 Å². The number of likely N-dealkylation sites (tertiary alicyclic amines) is 1. The number of hydrogen-bond acceptors (Lipinski definition) is 5. The molecule has 0 aromatic heterocycles. The quantitative estimate of drug-likeness (QED) is 0.638. The van der Waals surface area contributed by atoms with Crippen molar-refractivity contribution in [3.8, 4) is 0 Å². The highest BCUT2D eigenvalue weighted by atomic mass is 35.5. The van der Waals surface area contributed by atoms with Gasteiger partial charge in [-0.05, 0) is 87.8 Å². The Morgan fingerprint density at radius 1 is 0.966 bits per heavy atom. The van der Waals surface area contributed by atoms with Crippen LogP contribution in [0.4, 0.5) is 5.69 Å². The molecular formula is C22H33ClN4O2. The van der Waals surface area contributed by atoms with Gasteiger partial charge < -0.3 is 15.5 Å². The van der Waals surface area contributed by atoms with Crippen LogP contribution in [-0.2, 0) is 9.59 Å². The summed E-state index contributed by atoms with van der Waals surface area (Å²) >= 11 is 0. The number of hydrogen-bond donors (Lipinski definition) is 3. The second-order valence-corrected chi connectivity index (χ2v) is 8.54. The van der Waals surface area contributed by atoms with Gasteiger partial charge in [-0.25, -0.2) is 0 Å². The molecule has 160 valence electrons. The number of nitrogens with zero attached hydrogens (tertiary/aromatic N) is 1. The summed E-state index contributed by atoms with van der Waals surface area (Å²) in [6.45, 7) is 6.03. The molecule has 1 atom stereocenters. The average molecular weight is 421 g/mol. The second kappa shape index (κ2) is 10.4. The van der Waals surface area contributed by atoms with Crippen molar-refractivity contribution in [1.29, 1.82) is 0 Å². The summed E-state index contributed by atoms with van der Waals surface area (Å²) in [6, 6.07) is 8.21. The van der Waals surface area contributed by atoms with Gasteiger partial charge in [0.1, 0.15) is 6.04 Å². The summed E-state index contributed by atoms with van der Waals surface area (Å²) in [6.07, 6.45) is 6.05. The van der Waals surface area contributed by atoms with Crippen molar-refractivity contribution in [1.82, 2.24) is 15.5 Å². The van der Waals surface area contributed by atoms with E-state index in [-0.39, 0.29) is 30.3 Å². The van der Waals surface area contributed by atoms with E-state index in [4.69, 9.17) is 0 Å². The highest BCUT2D eigenvalue weighted by molar-refractivity contribution is 6.01. The summed E-state index contributed by atoms with van der Waals surface area (Å²) in [5.74, 6) is 1.11. The Kier molecular flexibility index (Phi) is 7.92. The Balaban J connectivity index is 0.00000240. The van der Waals surface area contributed by atoms with Crippen LogP contribution < -0.4 is 16.0 Å². The number of anilines is 1. The third kappa shape index (κ3) is 5.93. The number of nitrogens with one attached hydrogen (secondary N) is 3. The molecule has 0 radical (unpaired) electrons. The predicted molar refractivity (Wildman–Crippen MR) is 117 cm³/mol. The number of halogens is 1. The minimum absolute atomic E-state index is 0. The second-order valence-electron chi connectivity index (χ2n) is 8.54. The third-order valence-corrected chi connectivity index (χ3v) is 6.52. The van der Waals surface area contributed by atoms with Crippen LogP contribution in [0.3, 0.4) is 0 Å². The van der Waals surface area contributed by atoms with E-state index in [0.29, 0.717) is 18.8 Å². The molecule has 2 amide bonds. The molecule has 4 rings (SSSR count). The number of piperidine rings is 3. The van der Waals surface area contributed by atoms with Gasteiger partial charge in [0.25, 0.3) is 0 Å². The summed E-state index contributed by atoms with van der Waals surface area (Å²) in [7, 11) is 0. The lowest BCUT2D eigenvalue weighted by Gasteiger charge is -2.35. The Labute approximate surface area is 179 Å².